The van der Waals surface area contributed by atoms with E-state index in [4.69, 9.17) is 0 Å². The summed E-state index contributed by atoms with van der Waals surface area (Å²) in [6, 6.07) is 7.96. The highest BCUT2D eigenvalue weighted by Crippen LogP contribution is 2.33. The summed E-state index contributed by atoms with van der Waals surface area (Å²) < 4.78 is 0. The molecule has 0 spiro atoms. The van der Waals surface area contributed by atoms with Gasteiger partial charge >= 0.3 is 0 Å². The lowest BCUT2D eigenvalue weighted by atomic mass is 10.00. The second-order valence-corrected chi connectivity index (χ2v) is 9.84. The molecule has 0 bridgehead atoms. The van der Waals surface area contributed by atoms with Crippen LogP contribution in [0.5, 0.6) is 0 Å². The smallest absolute Gasteiger partial charge is 0.0726 e. The second-order valence-electron chi connectivity index (χ2n) is 9.84. The van der Waals surface area contributed by atoms with Gasteiger partial charge in [0.1, 0.15) is 0 Å². The van der Waals surface area contributed by atoms with Crippen molar-refractivity contribution >= 4 is 22.6 Å². The average Bonchev–Trinajstić information content (AvgIpc) is 2.93. The maximum atomic E-state index is 4.67. The number of nitrogens with one attached hydrogen (secondary N) is 3. The Kier molecular flexibility index (Phi) is 8.51. The maximum absolute atomic E-state index is 4.67. The zero-order chi connectivity index (χ0) is 27.9. The number of allylic oxidation sites excluding steroid dienone is 2. The molecule has 0 amide bonds. The standard InChI is InChI=1S/C32H35N7/c1-20(2)11-21(3)38-27-12-26(15-35-16-27)30-13-28(32(33-7)19-37-30)22(4)24(6)39-31-18-36-17-29(23(31)5)25-9-8-10-34-14-25/h8-10,12-20,33,38-39H,3-4,6,11H2,1-2,5,7H3. The lowest BCUT2D eigenvalue weighted by molar-refractivity contribution is 0.645. The number of anilines is 3. The van der Waals surface area contributed by atoms with Crippen molar-refractivity contribution in [1.29, 1.82) is 0 Å². The Morgan fingerprint density at radius 2 is 1.64 bits per heavy atom. The van der Waals surface area contributed by atoms with Crippen molar-refractivity contribution < 1.29 is 0 Å². The lowest BCUT2D eigenvalue weighted by Crippen LogP contribution is -2.06. The van der Waals surface area contributed by atoms with E-state index in [1.54, 1.807) is 31.0 Å². The minimum atomic E-state index is 0.518. The van der Waals surface area contributed by atoms with Crippen LogP contribution >= 0.6 is 0 Å². The van der Waals surface area contributed by atoms with Gasteiger partial charge in [0, 0.05) is 65.5 Å². The number of aromatic nitrogens is 4. The predicted molar refractivity (Wildman–Crippen MR) is 163 cm³/mol. The summed E-state index contributed by atoms with van der Waals surface area (Å²) in [5, 5.41) is 10.0. The molecule has 0 fully saturated rings. The normalized spacial score (nSPS) is 10.7. The van der Waals surface area contributed by atoms with Crippen LogP contribution in [0, 0.1) is 12.8 Å². The predicted octanol–water partition coefficient (Wildman–Crippen LogP) is 7.56. The molecule has 0 radical (unpaired) electrons. The van der Waals surface area contributed by atoms with Gasteiger partial charge in [-0.2, -0.15) is 0 Å². The summed E-state index contributed by atoms with van der Waals surface area (Å²) in [5.41, 5.74) is 10.5. The highest BCUT2D eigenvalue weighted by molar-refractivity contribution is 5.88. The highest BCUT2D eigenvalue weighted by Gasteiger charge is 2.15. The fourth-order valence-electron chi connectivity index (χ4n) is 4.32. The number of hydrogen-bond acceptors (Lipinski definition) is 7. The van der Waals surface area contributed by atoms with E-state index in [2.05, 4.69) is 76.4 Å². The molecule has 7 nitrogen and oxygen atoms in total. The van der Waals surface area contributed by atoms with E-state index in [-0.39, 0.29) is 0 Å². The number of rotatable bonds is 11. The monoisotopic (exact) mass is 517 g/mol. The molecule has 4 aromatic heterocycles. The first-order valence-electron chi connectivity index (χ1n) is 12.9. The molecular formula is C32H35N7. The topological polar surface area (TPSA) is 87.7 Å². The van der Waals surface area contributed by atoms with Crippen molar-refractivity contribution in [3.05, 3.63) is 110 Å². The van der Waals surface area contributed by atoms with Gasteiger partial charge in [-0.15, -0.1) is 0 Å². The zero-order valence-corrected chi connectivity index (χ0v) is 23.0. The van der Waals surface area contributed by atoms with Gasteiger partial charge in [0.25, 0.3) is 0 Å². The molecule has 0 aliphatic heterocycles. The molecule has 7 heteroatoms. The van der Waals surface area contributed by atoms with Gasteiger partial charge in [-0.1, -0.05) is 39.7 Å². The molecule has 0 aliphatic carbocycles. The van der Waals surface area contributed by atoms with Gasteiger partial charge in [-0.3, -0.25) is 19.9 Å². The van der Waals surface area contributed by atoms with Crippen molar-refractivity contribution in [1.82, 2.24) is 19.9 Å². The van der Waals surface area contributed by atoms with E-state index in [0.29, 0.717) is 11.6 Å². The van der Waals surface area contributed by atoms with Gasteiger partial charge in [0.15, 0.2) is 0 Å². The SMILES string of the molecule is C=C(CC(C)C)Nc1cncc(-c2cc(C(=C)C(=C)Nc3cncc(-c4cccnc4)c3C)c(NC)cn2)c1. The maximum Gasteiger partial charge on any atom is 0.0726 e. The fraction of sp³-hybridized carbons (Fsp3) is 0.188. The van der Waals surface area contributed by atoms with Crippen molar-refractivity contribution in [2.75, 3.05) is 23.0 Å². The Hall–Kier alpha value is -4.78. The Morgan fingerprint density at radius 3 is 2.36 bits per heavy atom. The quantitative estimate of drug-likeness (QED) is 0.177. The zero-order valence-electron chi connectivity index (χ0n) is 23.0. The molecule has 198 valence electrons. The van der Waals surface area contributed by atoms with Gasteiger partial charge in [-0.25, -0.2) is 0 Å². The van der Waals surface area contributed by atoms with Crippen LogP contribution in [-0.4, -0.2) is 27.0 Å². The molecule has 39 heavy (non-hydrogen) atoms. The lowest BCUT2D eigenvalue weighted by Gasteiger charge is -2.18. The molecular weight excluding hydrogens is 482 g/mol. The third-order valence-corrected chi connectivity index (χ3v) is 6.35. The molecule has 0 aliphatic rings. The fourth-order valence-corrected chi connectivity index (χ4v) is 4.32. The third-order valence-electron chi connectivity index (χ3n) is 6.35. The molecule has 0 unspecified atom stereocenters. The molecule has 0 aromatic carbocycles. The molecule has 4 heterocycles. The van der Waals surface area contributed by atoms with Crippen LogP contribution < -0.4 is 16.0 Å². The van der Waals surface area contributed by atoms with E-state index < -0.39 is 0 Å². The Labute approximate surface area is 230 Å². The van der Waals surface area contributed by atoms with E-state index in [9.17, 15) is 0 Å². The summed E-state index contributed by atoms with van der Waals surface area (Å²) in [5.74, 6) is 0.518. The first-order chi connectivity index (χ1) is 18.8. The van der Waals surface area contributed by atoms with Crippen molar-refractivity contribution in [2.24, 2.45) is 5.92 Å². The van der Waals surface area contributed by atoms with Crippen molar-refractivity contribution in [3.8, 4) is 22.4 Å². The largest absolute Gasteiger partial charge is 0.386 e. The number of nitrogens with zero attached hydrogens (tertiary/aromatic N) is 4. The molecule has 0 saturated heterocycles. The third kappa shape index (κ3) is 6.57. The molecule has 0 saturated carbocycles. The Bertz CT molecular complexity index is 1510. The summed E-state index contributed by atoms with van der Waals surface area (Å²) in [6.07, 6.45) is 13.5. The highest BCUT2D eigenvalue weighted by atomic mass is 14.9. The Balaban J connectivity index is 1.59. The van der Waals surface area contributed by atoms with Crippen molar-refractivity contribution in [2.45, 2.75) is 27.2 Å². The first kappa shape index (κ1) is 27.3. The van der Waals surface area contributed by atoms with E-state index in [1.165, 1.54) is 0 Å². The van der Waals surface area contributed by atoms with E-state index in [0.717, 1.165) is 68.3 Å². The van der Waals surface area contributed by atoms with Crippen LogP contribution in [0.3, 0.4) is 0 Å². The summed E-state index contributed by atoms with van der Waals surface area (Å²) in [6.45, 7) is 19.2. The van der Waals surface area contributed by atoms with E-state index in [1.807, 2.05) is 43.7 Å². The van der Waals surface area contributed by atoms with Crippen LogP contribution in [0.4, 0.5) is 17.1 Å². The minimum absolute atomic E-state index is 0.518. The summed E-state index contributed by atoms with van der Waals surface area (Å²) in [4.78, 5) is 17.8. The molecule has 4 rings (SSSR count). The number of hydrogen-bond donors (Lipinski definition) is 3. The second kappa shape index (κ2) is 12.2. The molecule has 4 aromatic rings. The summed E-state index contributed by atoms with van der Waals surface area (Å²) in [7, 11) is 1.86. The van der Waals surface area contributed by atoms with Crippen LogP contribution in [0.2, 0.25) is 0 Å². The first-order valence-corrected chi connectivity index (χ1v) is 12.9. The summed E-state index contributed by atoms with van der Waals surface area (Å²) >= 11 is 0. The number of pyridine rings is 4. The van der Waals surface area contributed by atoms with Crippen molar-refractivity contribution in [3.63, 3.8) is 0 Å². The Morgan fingerprint density at radius 1 is 0.872 bits per heavy atom. The van der Waals surface area contributed by atoms with Crippen LogP contribution in [0.15, 0.2) is 98.8 Å². The van der Waals surface area contributed by atoms with Crippen LogP contribution in [-0.2, 0) is 0 Å². The minimum Gasteiger partial charge on any atom is -0.386 e. The molecule has 0 atom stereocenters. The van der Waals surface area contributed by atoms with Gasteiger partial charge < -0.3 is 16.0 Å². The van der Waals surface area contributed by atoms with Crippen LogP contribution in [0.1, 0.15) is 31.4 Å². The molecule has 3 N–H and O–H groups in total. The van der Waals surface area contributed by atoms with Gasteiger partial charge in [0.2, 0.25) is 0 Å². The van der Waals surface area contributed by atoms with Crippen LogP contribution in [0.25, 0.3) is 28.0 Å². The average molecular weight is 518 g/mol. The van der Waals surface area contributed by atoms with Gasteiger partial charge in [-0.05, 0) is 48.6 Å². The van der Waals surface area contributed by atoms with Gasteiger partial charge in [0.05, 0.1) is 41.3 Å². The van der Waals surface area contributed by atoms with E-state index >= 15 is 0 Å².